The van der Waals surface area contributed by atoms with Gasteiger partial charge in [0.15, 0.2) is 0 Å². The SMILES string of the molecule is C#CCN(CC(=O)O)CC(=O)N(CC)Cc1ccc(Br)s1. The molecular weight excluding hydrogens is 356 g/mol. The van der Waals surface area contributed by atoms with E-state index in [0.29, 0.717) is 13.1 Å². The van der Waals surface area contributed by atoms with Crippen molar-refractivity contribution in [2.24, 2.45) is 0 Å². The van der Waals surface area contributed by atoms with E-state index >= 15 is 0 Å². The predicted octanol–water partition coefficient (Wildman–Crippen LogP) is 1.88. The Kier molecular flexibility index (Phi) is 7.43. The van der Waals surface area contributed by atoms with Gasteiger partial charge < -0.3 is 10.0 Å². The van der Waals surface area contributed by atoms with E-state index in [1.807, 2.05) is 19.1 Å². The summed E-state index contributed by atoms with van der Waals surface area (Å²) in [5, 5.41) is 8.82. The second-order valence-electron chi connectivity index (χ2n) is 4.36. The van der Waals surface area contributed by atoms with E-state index in [1.54, 1.807) is 16.2 Å². The van der Waals surface area contributed by atoms with E-state index in [1.165, 1.54) is 4.90 Å². The first kappa shape index (κ1) is 17.7. The second kappa shape index (κ2) is 8.82. The number of hydrogen-bond acceptors (Lipinski definition) is 4. The van der Waals surface area contributed by atoms with Crippen LogP contribution >= 0.6 is 27.3 Å². The lowest BCUT2D eigenvalue weighted by molar-refractivity contribution is -0.139. The number of carboxylic acid groups (broad SMARTS) is 1. The third-order valence-corrected chi connectivity index (χ3v) is 4.35. The lowest BCUT2D eigenvalue weighted by atomic mass is 10.3. The Hall–Kier alpha value is -1.36. The summed E-state index contributed by atoms with van der Waals surface area (Å²) in [6.07, 6.45) is 5.20. The Morgan fingerprint density at radius 2 is 2.14 bits per heavy atom. The molecule has 1 amide bonds. The second-order valence-corrected chi connectivity index (χ2v) is 6.90. The molecule has 0 unspecified atom stereocenters. The topological polar surface area (TPSA) is 60.9 Å². The molecule has 0 saturated heterocycles. The molecule has 1 rings (SSSR count). The summed E-state index contributed by atoms with van der Waals surface area (Å²) >= 11 is 4.96. The smallest absolute Gasteiger partial charge is 0.317 e. The van der Waals surface area contributed by atoms with E-state index in [4.69, 9.17) is 11.5 Å². The zero-order valence-electron chi connectivity index (χ0n) is 11.7. The Morgan fingerprint density at radius 3 is 2.62 bits per heavy atom. The van der Waals surface area contributed by atoms with Crippen LogP contribution in [0.3, 0.4) is 0 Å². The van der Waals surface area contributed by atoms with Gasteiger partial charge in [0.05, 0.1) is 30.0 Å². The fraction of sp³-hybridized carbons (Fsp3) is 0.429. The first-order valence-corrected chi connectivity index (χ1v) is 7.96. The summed E-state index contributed by atoms with van der Waals surface area (Å²) in [6.45, 7) is 2.88. The fourth-order valence-corrected chi connectivity index (χ4v) is 3.28. The minimum absolute atomic E-state index is 0.0108. The van der Waals surface area contributed by atoms with Gasteiger partial charge in [-0.1, -0.05) is 5.92 Å². The van der Waals surface area contributed by atoms with Crippen molar-refractivity contribution in [2.75, 3.05) is 26.2 Å². The van der Waals surface area contributed by atoms with Crippen molar-refractivity contribution in [1.29, 1.82) is 0 Å². The molecule has 0 atom stereocenters. The van der Waals surface area contributed by atoms with Crippen molar-refractivity contribution in [3.05, 3.63) is 20.8 Å². The number of carbonyl (C=O) groups is 2. The molecule has 5 nitrogen and oxygen atoms in total. The maximum absolute atomic E-state index is 12.3. The number of thiophene rings is 1. The van der Waals surface area contributed by atoms with Crippen LogP contribution in [-0.4, -0.2) is 53.0 Å². The van der Waals surface area contributed by atoms with Crippen LogP contribution in [0.25, 0.3) is 0 Å². The number of carbonyl (C=O) groups excluding carboxylic acids is 1. The van der Waals surface area contributed by atoms with Crippen LogP contribution in [0.15, 0.2) is 15.9 Å². The summed E-state index contributed by atoms with van der Waals surface area (Å²) < 4.78 is 1.01. The number of likely N-dealkylation sites (N-methyl/N-ethyl adjacent to an activating group) is 1. The van der Waals surface area contributed by atoms with E-state index < -0.39 is 5.97 Å². The lowest BCUT2D eigenvalue weighted by Gasteiger charge is -2.24. The molecule has 0 aliphatic heterocycles. The van der Waals surface area contributed by atoms with Gasteiger partial charge in [0.25, 0.3) is 0 Å². The van der Waals surface area contributed by atoms with Crippen molar-refractivity contribution in [2.45, 2.75) is 13.5 Å². The van der Waals surface area contributed by atoms with Crippen molar-refractivity contribution in [1.82, 2.24) is 9.80 Å². The van der Waals surface area contributed by atoms with Crippen LogP contribution in [-0.2, 0) is 16.1 Å². The molecule has 0 saturated carbocycles. The highest BCUT2D eigenvalue weighted by Crippen LogP contribution is 2.23. The molecule has 0 bridgehead atoms. The Labute approximate surface area is 136 Å². The number of carboxylic acids is 1. The van der Waals surface area contributed by atoms with Gasteiger partial charge in [0.2, 0.25) is 5.91 Å². The fourth-order valence-electron chi connectivity index (χ4n) is 1.78. The van der Waals surface area contributed by atoms with Gasteiger partial charge in [-0.3, -0.25) is 14.5 Å². The van der Waals surface area contributed by atoms with E-state index in [-0.39, 0.29) is 25.5 Å². The number of rotatable bonds is 8. The third-order valence-electron chi connectivity index (χ3n) is 2.74. The monoisotopic (exact) mass is 372 g/mol. The Morgan fingerprint density at radius 1 is 1.43 bits per heavy atom. The molecule has 0 aliphatic carbocycles. The zero-order chi connectivity index (χ0) is 15.8. The number of hydrogen-bond donors (Lipinski definition) is 1. The normalized spacial score (nSPS) is 10.4. The largest absolute Gasteiger partial charge is 0.480 e. The molecule has 0 fully saturated rings. The highest BCUT2D eigenvalue weighted by Gasteiger charge is 2.18. The Bertz CT molecular complexity index is 539. The van der Waals surface area contributed by atoms with Gasteiger partial charge in [-0.25, -0.2) is 0 Å². The highest BCUT2D eigenvalue weighted by atomic mass is 79.9. The minimum atomic E-state index is -0.997. The number of amides is 1. The molecule has 1 heterocycles. The molecule has 0 radical (unpaired) electrons. The lowest BCUT2D eigenvalue weighted by Crippen LogP contribution is -2.42. The van der Waals surface area contributed by atoms with Gasteiger partial charge in [0.1, 0.15) is 0 Å². The molecule has 1 aromatic rings. The summed E-state index contributed by atoms with van der Waals surface area (Å²) in [4.78, 5) is 27.2. The number of terminal acetylenes is 1. The predicted molar refractivity (Wildman–Crippen MR) is 86.0 cm³/mol. The average Bonchev–Trinajstić information content (AvgIpc) is 2.80. The molecule has 0 aromatic carbocycles. The summed E-state index contributed by atoms with van der Waals surface area (Å²) in [6, 6.07) is 3.90. The van der Waals surface area contributed by atoms with E-state index in [0.717, 1.165) is 8.66 Å². The van der Waals surface area contributed by atoms with Crippen LogP contribution in [0.2, 0.25) is 0 Å². The van der Waals surface area contributed by atoms with E-state index in [9.17, 15) is 9.59 Å². The van der Waals surface area contributed by atoms with Crippen LogP contribution in [0.1, 0.15) is 11.8 Å². The first-order valence-electron chi connectivity index (χ1n) is 6.35. The van der Waals surface area contributed by atoms with Crippen LogP contribution in [0.4, 0.5) is 0 Å². The van der Waals surface area contributed by atoms with Crippen molar-refractivity contribution in [3.8, 4) is 12.3 Å². The molecule has 0 aliphatic rings. The molecular formula is C14H17BrN2O3S. The molecule has 21 heavy (non-hydrogen) atoms. The quantitative estimate of drug-likeness (QED) is 0.707. The summed E-state index contributed by atoms with van der Waals surface area (Å²) in [5.74, 6) is 1.25. The maximum Gasteiger partial charge on any atom is 0.317 e. The molecule has 1 aromatic heterocycles. The summed E-state index contributed by atoms with van der Waals surface area (Å²) in [5.41, 5.74) is 0. The molecule has 1 N–H and O–H groups in total. The van der Waals surface area contributed by atoms with Gasteiger partial charge in [-0.05, 0) is 35.0 Å². The summed E-state index contributed by atoms with van der Waals surface area (Å²) in [7, 11) is 0. The van der Waals surface area contributed by atoms with E-state index in [2.05, 4.69) is 21.9 Å². The number of nitrogens with zero attached hydrogens (tertiary/aromatic N) is 2. The number of aliphatic carboxylic acids is 1. The molecule has 114 valence electrons. The molecule has 0 spiro atoms. The minimum Gasteiger partial charge on any atom is -0.480 e. The molecule has 7 heteroatoms. The van der Waals surface area contributed by atoms with Gasteiger partial charge >= 0.3 is 5.97 Å². The average molecular weight is 373 g/mol. The van der Waals surface area contributed by atoms with Crippen LogP contribution in [0, 0.1) is 12.3 Å². The van der Waals surface area contributed by atoms with Crippen molar-refractivity contribution < 1.29 is 14.7 Å². The van der Waals surface area contributed by atoms with Crippen molar-refractivity contribution in [3.63, 3.8) is 0 Å². The standard InChI is InChI=1S/C14H17BrN2O3S/c1-3-7-16(10-14(19)20)9-13(18)17(4-2)8-11-5-6-12(15)21-11/h1,5-6H,4,7-10H2,2H3,(H,19,20). The van der Waals surface area contributed by atoms with Crippen LogP contribution in [0.5, 0.6) is 0 Å². The number of halogens is 1. The third kappa shape index (κ3) is 6.29. The maximum atomic E-state index is 12.3. The first-order chi connectivity index (χ1) is 9.96. The van der Waals surface area contributed by atoms with Gasteiger partial charge in [-0.15, -0.1) is 17.8 Å². The Balaban J connectivity index is 2.64. The van der Waals surface area contributed by atoms with Crippen molar-refractivity contribution >= 4 is 39.1 Å². The van der Waals surface area contributed by atoms with Gasteiger partial charge in [-0.2, -0.15) is 0 Å². The van der Waals surface area contributed by atoms with Gasteiger partial charge in [0, 0.05) is 11.4 Å². The highest BCUT2D eigenvalue weighted by molar-refractivity contribution is 9.11. The van der Waals surface area contributed by atoms with Crippen LogP contribution < -0.4 is 0 Å². The zero-order valence-corrected chi connectivity index (χ0v) is 14.1.